The number of aromatic nitrogens is 2. The van der Waals surface area contributed by atoms with E-state index in [1.807, 2.05) is 0 Å². The minimum absolute atomic E-state index is 0.218. The number of ether oxygens (including phenoxy) is 1. The highest BCUT2D eigenvalue weighted by molar-refractivity contribution is 9.10. The molecular weight excluding hydrogens is 312 g/mol. The van der Waals surface area contributed by atoms with Gasteiger partial charge in [-0.3, -0.25) is 4.79 Å². The number of esters is 1. The van der Waals surface area contributed by atoms with E-state index in [1.165, 1.54) is 6.33 Å². The van der Waals surface area contributed by atoms with E-state index in [-0.39, 0.29) is 5.97 Å². The Labute approximate surface area is 121 Å². The van der Waals surface area contributed by atoms with E-state index in [0.29, 0.717) is 25.4 Å². The molecule has 0 bridgehead atoms. The Kier molecular flexibility index (Phi) is 7.17. The molecule has 19 heavy (non-hydrogen) atoms. The van der Waals surface area contributed by atoms with E-state index in [1.54, 1.807) is 6.92 Å². The fourth-order valence-electron chi connectivity index (χ4n) is 1.38. The molecule has 1 aromatic rings. The summed E-state index contributed by atoms with van der Waals surface area (Å²) in [5, 5.41) is 6.27. The van der Waals surface area contributed by atoms with E-state index in [9.17, 15) is 4.79 Å². The molecule has 0 saturated carbocycles. The van der Waals surface area contributed by atoms with Crippen LogP contribution in [0.4, 0.5) is 11.6 Å². The summed E-state index contributed by atoms with van der Waals surface area (Å²) in [7, 11) is 0. The summed E-state index contributed by atoms with van der Waals surface area (Å²) in [6.07, 6.45) is 2.81. The predicted octanol–water partition coefficient (Wildman–Crippen LogP) is 2.43. The van der Waals surface area contributed by atoms with E-state index in [2.05, 4.69) is 43.5 Å². The van der Waals surface area contributed by atoms with Gasteiger partial charge in [-0.15, -0.1) is 0 Å². The third-order valence-corrected chi connectivity index (χ3v) is 3.01. The zero-order valence-corrected chi connectivity index (χ0v) is 12.8. The van der Waals surface area contributed by atoms with Gasteiger partial charge in [0.2, 0.25) is 0 Å². The topological polar surface area (TPSA) is 76.1 Å². The van der Waals surface area contributed by atoms with Gasteiger partial charge in [0.25, 0.3) is 0 Å². The maximum absolute atomic E-state index is 11.2. The Balaban J connectivity index is 2.51. The lowest BCUT2D eigenvalue weighted by Gasteiger charge is -2.11. The van der Waals surface area contributed by atoms with Crippen molar-refractivity contribution in [1.82, 2.24) is 9.97 Å². The van der Waals surface area contributed by atoms with Gasteiger partial charge in [0.05, 0.1) is 13.0 Å². The molecule has 0 radical (unpaired) electrons. The van der Waals surface area contributed by atoms with Crippen LogP contribution in [0.15, 0.2) is 10.8 Å². The van der Waals surface area contributed by atoms with Gasteiger partial charge in [-0.05, 0) is 29.3 Å². The summed E-state index contributed by atoms with van der Waals surface area (Å²) in [6.45, 7) is 5.60. The number of rotatable bonds is 8. The van der Waals surface area contributed by atoms with Crippen LogP contribution in [0.5, 0.6) is 0 Å². The highest BCUT2D eigenvalue weighted by atomic mass is 79.9. The molecule has 0 aromatic carbocycles. The number of carbonyl (C=O) groups excluding carboxylic acids is 1. The lowest BCUT2D eigenvalue weighted by molar-refractivity contribution is -0.142. The zero-order valence-electron chi connectivity index (χ0n) is 11.2. The molecule has 2 N–H and O–H groups in total. The van der Waals surface area contributed by atoms with Crippen molar-refractivity contribution in [3.05, 3.63) is 10.8 Å². The van der Waals surface area contributed by atoms with Gasteiger partial charge in [-0.1, -0.05) is 6.92 Å². The average Bonchev–Trinajstić information content (AvgIpc) is 2.40. The predicted molar refractivity (Wildman–Crippen MR) is 78.3 cm³/mol. The van der Waals surface area contributed by atoms with E-state index in [4.69, 9.17) is 4.74 Å². The highest BCUT2D eigenvalue weighted by Gasteiger charge is 2.08. The summed E-state index contributed by atoms with van der Waals surface area (Å²) in [5.41, 5.74) is 0. The fraction of sp³-hybridized carbons (Fsp3) is 0.583. The van der Waals surface area contributed by atoms with Gasteiger partial charge in [-0.25, -0.2) is 9.97 Å². The molecule has 1 heterocycles. The first-order chi connectivity index (χ1) is 9.19. The van der Waals surface area contributed by atoms with Crippen molar-refractivity contribution in [2.45, 2.75) is 26.7 Å². The van der Waals surface area contributed by atoms with Gasteiger partial charge in [0.1, 0.15) is 22.4 Å². The van der Waals surface area contributed by atoms with Crippen LogP contribution in [-0.4, -0.2) is 35.6 Å². The molecule has 1 aromatic heterocycles. The third kappa shape index (κ3) is 5.42. The Hall–Kier alpha value is -1.37. The summed E-state index contributed by atoms with van der Waals surface area (Å²) >= 11 is 3.44. The first-order valence-corrected chi connectivity index (χ1v) is 7.12. The molecule has 0 spiro atoms. The van der Waals surface area contributed by atoms with Gasteiger partial charge < -0.3 is 15.4 Å². The standard InChI is InChI=1S/C12H19BrN4O2/c1-3-6-14-11-10(13)12(17-8-16-11)15-7-5-9(18)19-4-2/h8H,3-7H2,1-2H3,(H2,14,15,16,17). The maximum atomic E-state index is 11.2. The van der Waals surface area contributed by atoms with Crippen molar-refractivity contribution < 1.29 is 9.53 Å². The van der Waals surface area contributed by atoms with Crippen molar-refractivity contribution in [1.29, 1.82) is 0 Å². The Morgan fingerprint density at radius 3 is 2.47 bits per heavy atom. The van der Waals surface area contributed by atoms with Gasteiger partial charge in [0.15, 0.2) is 0 Å². The lowest BCUT2D eigenvalue weighted by Crippen LogP contribution is -2.13. The van der Waals surface area contributed by atoms with Crippen LogP contribution >= 0.6 is 15.9 Å². The van der Waals surface area contributed by atoms with Crippen LogP contribution in [0, 0.1) is 0 Å². The molecule has 0 aliphatic carbocycles. The first kappa shape index (κ1) is 15.7. The summed E-state index contributed by atoms with van der Waals surface area (Å²) in [6, 6.07) is 0. The van der Waals surface area contributed by atoms with Crippen molar-refractivity contribution in [3.8, 4) is 0 Å². The van der Waals surface area contributed by atoms with Crippen LogP contribution in [0.3, 0.4) is 0 Å². The second kappa shape index (κ2) is 8.68. The third-order valence-electron chi connectivity index (χ3n) is 2.26. The molecular formula is C12H19BrN4O2. The monoisotopic (exact) mass is 330 g/mol. The second-order valence-electron chi connectivity index (χ2n) is 3.79. The van der Waals surface area contributed by atoms with Gasteiger partial charge >= 0.3 is 5.97 Å². The number of halogens is 1. The van der Waals surface area contributed by atoms with Gasteiger partial charge in [0, 0.05) is 13.1 Å². The Bertz CT molecular complexity index is 415. The van der Waals surface area contributed by atoms with Crippen molar-refractivity contribution >= 4 is 33.5 Å². The summed E-state index contributed by atoms with van der Waals surface area (Å²) in [5.74, 6) is 1.19. The minimum atomic E-state index is -0.218. The SMILES string of the molecule is CCCNc1ncnc(NCCC(=O)OCC)c1Br. The fourth-order valence-corrected chi connectivity index (χ4v) is 1.86. The molecule has 0 fully saturated rings. The molecule has 0 aliphatic heterocycles. The van der Waals surface area contributed by atoms with Crippen LogP contribution in [0.2, 0.25) is 0 Å². The smallest absolute Gasteiger partial charge is 0.307 e. The molecule has 6 nitrogen and oxygen atoms in total. The van der Waals surface area contributed by atoms with Gasteiger partial charge in [-0.2, -0.15) is 0 Å². The molecule has 0 atom stereocenters. The van der Waals surface area contributed by atoms with Crippen LogP contribution in [0.1, 0.15) is 26.7 Å². The number of carbonyl (C=O) groups is 1. The normalized spacial score (nSPS) is 10.1. The average molecular weight is 331 g/mol. The van der Waals surface area contributed by atoms with Crippen molar-refractivity contribution in [3.63, 3.8) is 0 Å². The molecule has 7 heteroatoms. The Morgan fingerprint density at radius 2 is 1.89 bits per heavy atom. The first-order valence-electron chi connectivity index (χ1n) is 6.32. The molecule has 106 valence electrons. The van der Waals surface area contributed by atoms with Crippen molar-refractivity contribution in [2.24, 2.45) is 0 Å². The number of nitrogens with one attached hydrogen (secondary N) is 2. The van der Waals surface area contributed by atoms with E-state index in [0.717, 1.165) is 23.3 Å². The van der Waals surface area contributed by atoms with Crippen LogP contribution in [-0.2, 0) is 9.53 Å². The minimum Gasteiger partial charge on any atom is -0.466 e. The lowest BCUT2D eigenvalue weighted by atomic mass is 10.4. The number of nitrogens with zero attached hydrogens (tertiary/aromatic N) is 2. The molecule has 1 rings (SSSR count). The second-order valence-corrected chi connectivity index (χ2v) is 4.59. The quantitative estimate of drug-likeness (QED) is 0.713. The highest BCUT2D eigenvalue weighted by Crippen LogP contribution is 2.26. The zero-order chi connectivity index (χ0) is 14.1. The molecule has 0 unspecified atom stereocenters. The summed E-state index contributed by atoms with van der Waals surface area (Å²) < 4.78 is 5.62. The largest absolute Gasteiger partial charge is 0.466 e. The number of hydrogen-bond donors (Lipinski definition) is 2. The van der Waals surface area contributed by atoms with Crippen LogP contribution in [0.25, 0.3) is 0 Å². The summed E-state index contributed by atoms with van der Waals surface area (Å²) in [4.78, 5) is 19.5. The maximum Gasteiger partial charge on any atom is 0.307 e. The van der Waals surface area contributed by atoms with E-state index >= 15 is 0 Å². The molecule has 0 saturated heterocycles. The van der Waals surface area contributed by atoms with Crippen LogP contribution < -0.4 is 10.6 Å². The number of anilines is 2. The molecule has 0 aliphatic rings. The number of hydrogen-bond acceptors (Lipinski definition) is 6. The Morgan fingerprint density at radius 1 is 1.26 bits per heavy atom. The van der Waals surface area contributed by atoms with Crippen molar-refractivity contribution in [2.75, 3.05) is 30.3 Å². The van der Waals surface area contributed by atoms with E-state index < -0.39 is 0 Å². The molecule has 0 amide bonds.